The molecule has 0 unspecified atom stereocenters. The maximum atomic E-state index is 12.8. The van der Waals surface area contributed by atoms with E-state index >= 15 is 0 Å². The highest BCUT2D eigenvalue weighted by molar-refractivity contribution is 5.27. The number of benzene rings is 2. The smallest absolute Gasteiger partial charge is 0.123 e. The molecule has 0 radical (unpaired) electrons. The van der Waals surface area contributed by atoms with E-state index in [1.54, 1.807) is 0 Å². The van der Waals surface area contributed by atoms with Crippen molar-refractivity contribution in [2.75, 3.05) is 13.7 Å². The van der Waals surface area contributed by atoms with Gasteiger partial charge >= 0.3 is 0 Å². The van der Waals surface area contributed by atoms with Crippen molar-refractivity contribution >= 4 is 0 Å². The van der Waals surface area contributed by atoms with Crippen molar-refractivity contribution in [3.8, 4) is 5.75 Å². The van der Waals surface area contributed by atoms with Gasteiger partial charge in [-0.1, -0.05) is 24.3 Å². The Kier molecular flexibility index (Phi) is 5.13. The molecule has 0 atom stereocenters. The Morgan fingerprint density at radius 2 is 1.40 bits per heavy atom. The molecule has 0 N–H and O–H groups in total. The third-order valence-electron chi connectivity index (χ3n) is 3.05. The summed E-state index contributed by atoms with van der Waals surface area (Å²) in [6, 6.07) is 14.8. The number of nitrogens with zero attached hydrogens (tertiary/aromatic N) is 1. The highest BCUT2D eigenvalue weighted by atomic mass is 19.1. The zero-order valence-corrected chi connectivity index (χ0v) is 12.0. The molecule has 0 fully saturated rings. The summed E-state index contributed by atoms with van der Waals surface area (Å²) in [5.74, 6) is 0.709. The molecule has 0 aliphatic carbocycles. The molecule has 106 valence electrons. The van der Waals surface area contributed by atoms with Crippen LogP contribution in [0.25, 0.3) is 0 Å². The van der Waals surface area contributed by atoms with Crippen molar-refractivity contribution in [3.63, 3.8) is 0 Å². The molecule has 2 aromatic carbocycles. The number of hydrogen-bond donors (Lipinski definition) is 0. The van der Waals surface area contributed by atoms with Gasteiger partial charge in [0.15, 0.2) is 0 Å². The second-order valence-corrected chi connectivity index (χ2v) is 4.88. The average Bonchev–Trinajstić information content (AvgIpc) is 2.44. The van der Waals surface area contributed by atoms with E-state index in [9.17, 15) is 4.39 Å². The second-order valence-electron chi connectivity index (χ2n) is 4.88. The quantitative estimate of drug-likeness (QED) is 0.792. The summed E-state index contributed by atoms with van der Waals surface area (Å²) in [7, 11) is 2.06. The molecule has 0 saturated carbocycles. The van der Waals surface area contributed by atoms with E-state index in [0.717, 1.165) is 24.4 Å². The normalized spacial score (nSPS) is 10.8. The minimum atomic E-state index is -0.192. The summed E-state index contributed by atoms with van der Waals surface area (Å²) in [6.07, 6.45) is 0. The molecule has 3 heteroatoms. The van der Waals surface area contributed by atoms with Crippen LogP contribution in [-0.4, -0.2) is 18.6 Å². The van der Waals surface area contributed by atoms with E-state index in [2.05, 4.69) is 24.1 Å². The molecule has 0 bridgehead atoms. The number of rotatable bonds is 6. The van der Waals surface area contributed by atoms with Gasteiger partial charge in [0.25, 0.3) is 0 Å². The van der Waals surface area contributed by atoms with Crippen LogP contribution in [0.15, 0.2) is 48.5 Å². The Balaban J connectivity index is 1.90. The molecule has 0 aliphatic rings. The molecule has 2 aromatic rings. The molecular formula is C17H20FNO. The van der Waals surface area contributed by atoms with Gasteiger partial charge in [0.1, 0.15) is 11.6 Å². The van der Waals surface area contributed by atoms with Crippen molar-refractivity contribution in [1.82, 2.24) is 4.90 Å². The zero-order chi connectivity index (χ0) is 14.4. The van der Waals surface area contributed by atoms with Crippen molar-refractivity contribution in [1.29, 1.82) is 0 Å². The summed E-state index contributed by atoms with van der Waals surface area (Å²) in [4.78, 5) is 2.20. The largest absolute Gasteiger partial charge is 0.494 e. The fourth-order valence-corrected chi connectivity index (χ4v) is 2.13. The lowest BCUT2D eigenvalue weighted by atomic mass is 10.1. The van der Waals surface area contributed by atoms with Crippen LogP contribution in [0.1, 0.15) is 18.1 Å². The molecule has 0 amide bonds. The highest BCUT2D eigenvalue weighted by Crippen LogP contribution is 2.14. The van der Waals surface area contributed by atoms with Gasteiger partial charge in [-0.3, -0.25) is 4.90 Å². The van der Waals surface area contributed by atoms with Gasteiger partial charge in [0.2, 0.25) is 0 Å². The molecule has 0 heterocycles. The monoisotopic (exact) mass is 273 g/mol. The van der Waals surface area contributed by atoms with Crippen LogP contribution in [0, 0.1) is 5.82 Å². The van der Waals surface area contributed by atoms with Gasteiger partial charge < -0.3 is 4.74 Å². The minimum Gasteiger partial charge on any atom is -0.494 e. The van der Waals surface area contributed by atoms with Crippen LogP contribution in [0.4, 0.5) is 4.39 Å². The predicted octanol–water partition coefficient (Wildman–Crippen LogP) is 3.86. The van der Waals surface area contributed by atoms with Crippen LogP contribution in [0.5, 0.6) is 5.75 Å². The van der Waals surface area contributed by atoms with Gasteiger partial charge in [0, 0.05) is 13.1 Å². The number of hydrogen-bond acceptors (Lipinski definition) is 2. The van der Waals surface area contributed by atoms with E-state index in [4.69, 9.17) is 4.74 Å². The Hall–Kier alpha value is -1.87. The van der Waals surface area contributed by atoms with Crippen molar-refractivity contribution in [3.05, 3.63) is 65.5 Å². The second kappa shape index (κ2) is 7.06. The zero-order valence-electron chi connectivity index (χ0n) is 12.0. The lowest BCUT2D eigenvalue weighted by Crippen LogP contribution is -2.17. The minimum absolute atomic E-state index is 0.192. The van der Waals surface area contributed by atoms with Crippen molar-refractivity contribution in [2.45, 2.75) is 20.0 Å². The van der Waals surface area contributed by atoms with E-state index in [0.29, 0.717) is 6.61 Å². The standard InChI is InChI=1S/C17H20FNO/c1-3-20-17-10-6-15(7-11-17)13-19(2)12-14-4-8-16(18)9-5-14/h4-11H,3,12-13H2,1-2H3. The molecular weight excluding hydrogens is 253 g/mol. The highest BCUT2D eigenvalue weighted by Gasteiger charge is 2.03. The van der Waals surface area contributed by atoms with E-state index in [1.165, 1.54) is 17.7 Å². The third kappa shape index (κ3) is 4.35. The lowest BCUT2D eigenvalue weighted by molar-refractivity contribution is 0.318. The first kappa shape index (κ1) is 14.5. The predicted molar refractivity (Wildman–Crippen MR) is 79.2 cm³/mol. The molecule has 0 aromatic heterocycles. The molecule has 0 aliphatic heterocycles. The lowest BCUT2D eigenvalue weighted by Gasteiger charge is -2.17. The van der Waals surface area contributed by atoms with Crippen molar-refractivity contribution < 1.29 is 9.13 Å². The van der Waals surface area contributed by atoms with Gasteiger partial charge in [-0.25, -0.2) is 4.39 Å². The fourth-order valence-electron chi connectivity index (χ4n) is 2.13. The summed E-state index contributed by atoms with van der Waals surface area (Å²) in [6.45, 7) is 4.31. The number of ether oxygens (including phenoxy) is 1. The van der Waals surface area contributed by atoms with Crippen LogP contribution in [0.2, 0.25) is 0 Å². The molecule has 20 heavy (non-hydrogen) atoms. The van der Waals surface area contributed by atoms with Crippen LogP contribution < -0.4 is 4.74 Å². The third-order valence-corrected chi connectivity index (χ3v) is 3.05. The van der Waals surface area contributed by atoms with Crippen LogP contribution >= 0.6 is 0 Å². The van der Waals surface area contributed by atoms with Crippen LogP contribution in [0.3, 0.4) is 0 Å². The van der Waals surface area contributed by atoms with Gasteiger partial charge in [-0.05, 0) is 49.4 Å². The first-order valence-electron chi connectivity index (χ1n) is 6.82. The summed E-state index contributed by atoms with van der Waals surface area (Å²) in [5.41, 5.74) is 2.35. The molecule has 0 spiro atoms. The summed E-state index contributed by atoms with van der Waals surface area (Å²) >= 11 is 0. The topological polar surface area (TPSA) is 12.5 Å². The van der Waals surface area contributed by atoms with E-state index in [-0.39, 0.29) is 5.82 Å². The Bertz CT molecular complexity index is 522. The van der Waals surface area contributed by atoms with Gasteiger partial charge in [-0.2, -0.15) is 0 Å². The molecule has 2 nitrogen and oxygen atoms in total. The Morgan fingerprint density at radius 1 is 0.900 bits per heavy atom. The molecule has 2 rings (SSSR count). The fraction of sp³-hybridized carbons (Fsp3) is 0.294. The number of halogens is 1. The van der Waals surface area contributed by atoms with Gasteiger partial charge in [-0.15, -0.1) is 0 Å². The Labute approximate surface area is 119 Å². The average molecular weight is 273 g/mol. The SMILES string of the molecule is CCOc1ccc(CN(C)Cc2ccc(F)cc2)cc1. The first-order valence-corrected chi connectivity index (χ1v) is 6.82. The van der Waals surface area contributed by atoms with E-state index in [1.807, 2.05) is 31.2 Å². The first-order chi connectivity index (χ1) is 9.67. The summed E-state index contributed by atoms with van der Waals surface area (Å²) in [5, 5.41) is 0. The summed E-state index contributed by atoms with van der Waals surface area (Å²) < 4.78 is 18.3. The van der Waals surface area contributed by atoms with Gasteiger partial charge in [0.05, 0.1) is 6.61 Å². The maximum Gasteiger partial charge on any atom is 0.123 e. The van der Waals surface area contributed by atoms with Crippen LogP contribution in [-0.2, 0) is 13.1 Å². The Morgan fingerprint density at radius 3 is 1.90 bits per heavy atom. The molecule has 0 saturated heterocycles. The van der Waals surface area contributed by atoms with Crippen molar-refractivity contribution in [2.24, 2.45) is 0 Å². The maximum absolute atomic E-state index is 12.8. The van der Waals surface area contributed by atoms with E-state index < -0.39 is 0 Å².